The van der Waals surface area contributed by atoms with Crippen molar-refractivity contribution in [3.63, 3.8) is 0 Å². The molecular weight excluding hydrogens is 442 g/mol. The highest BCUT2D eigenvalue weighted by molar-refractivity contribution is 5.94. The molecule has 5 heteroatoms. The van der Waals surface area contributed by atoms with Crippen molar-refractivity contribution in [3.05, 3.63) is 42.5 Å². The SMILES string of the molecule is c1ccc2c(N3NC4CNNCCCCNC3(C3CCCCCCCCCCCC3)C4)cccc2c1. The second kappa shape index (κ2) is 13.2. The van der Waals surface area contributed by atoms with Crippen molar-refractivity contribution in [2.24, 2.45) is 5.92 Å². The molecule has 2 bridgehead atoms. The topological polar surface area (TPSA) is 51.4 Å². The molecule has 0 aromatic heterocycles. The number of nitrogens with zero attached hydrogens (tertiary/aromatic N) is 1. The number of hydrogen-bond acceptors (Lipinski definition) is 5. The highest BCUT2D eigenvalue weighted by Gasteiger charge is 2.50. The second-order valence-electron chi connectivity index (χ2n) is 11.5. The zero-order chi connectivity index (χ0) is 24.5. The highest BCUT2D eigenvalue weighted by atomic mass is 15.6. The van der Waals surface area contributed by atoms with E-state index in [1.165, 1.54) is 106 Å². The van der Waals surface area contributed by atoms with E-state index >= 15 is 0 Å². The molecule has 3 fully saturated rings. The number of rotatable bonds is 2. The monoisotopic (exact) mass is 491 g/mol. The molecule has 2 aliphatic heterocycles. The van der Waals surface area contributed by atoms with Gasteiger partial charge in [-0.05, 0) is 49.6 Å². The van der Waals surface area contributed by atoms with E-state index in [0.29, 0.717) is 12.0 Å². The fourth-order valence-electron chi connectivity index (χ4n) is 7.01. The third-order valence-electron chi connectivity index (χ3n) is 8.94. The number of hydrogen-bond donors (Lipinski definition) is 4. The molecule has 2 aromatic rings. The van der Waals surface area contributed by atoms with Crippen LogP contribution in [-0.2, 0) is 0 Å². The molecule has 2 heterocycles. The molecule has 198 valence electrons. The minimum atomic E-state index is -0.0546. The number of anilines is 1. The lowest BCUT2D eigenvalue weighted by molar-refractivity contribution is 0.178. The van der Waals surface area contributed by atoms with Crippen LogP contribution in [0.5, 0.6) is 0 Å². The van der Waals surface area contributed by atoms with Crippen LogP contribution in [0.4, 0.5) is 5.69 Å². The van der Waals surface area contributed by atoms with Crippen molar-refractivity contribution in [2.75, 3.05) is 24.6 Å². The van der Waals surface area contributed by atoms with Gasteiger partial charge in [0.1, 0.15) is 5.66 Å². The number of nitrogens with one attached hydrogen (secondary N) is 4. The summed E-state index contributed by atoms with van der Waals surface area (Å²) in [5.41, 5.74) is 12.3. The largest absolute Gasteiger partial charge is 0.293 e. The molecule has 2 unspecified atom stereocenters. The Labute approximate surface area is 219 Å². The minimum Gasteiger partial charge on any atom is -0.293 e. The summed E-state index contributed by atoms with van der Waals surface area (Å²) in [7, 11) is 0. The van der Waals surface area contributed by atoms with Gasteiger partial charge in [0, 0.05) is 30.9 Å². The first-order valence-corrected chi connectivity index (χ1v) is 15.1. The Morgan fingerprint density at radius 1 is 0.667 bits per heavy atom. The summed E-state index contributed by atoms with van der Waals surface area (Å²) in [6.07, 6.45) is 20.3. The maximum absolute atomic E-state index is 4.24. The zero-order valence-corrected chi connectivity index (χ0v) is 22.4. The summed E-state index contributed by atoms with van der Waals surface area (Å²) in [4.78, 5) is 0. The molecule has 5 nitrogen and oxygen atoms in total. The smallest absolute Gasteiger partial charge is 0.110 e. The van der Waals surface area contributed by atoms with E-state index in [-0.39, 0.29) is 5.66 Å². The molecule has 2 aromatic carbocycles. The highest BCUT2D eigenvalue weighted by Crippen LogP contribution is 2.43. The standard InChI is InChI=1S/C31H49N5/c1-2-4-6-8-10-19-27(18-9-7-5-3-1)31-24-28(25-34-33-23-14-13-22-32-31)35-36(31)30-21-15-17-26-16-11-12-20-29(26)30/h11-12,15-17,20-21,27-28,32-35H,1-10,13-14,18-19,22-25H2. The Morgan fingerprint density at radius 3 is 2.11 bits per heavy atom. The van der Waals surface area contributed by atoms with Gasteiger partial charge in [-0.2, -0.15) is 0 Å². The molecule has 1 aliphatic carbocycles. The van der Waals surface area contributed by atoms with E-state index in [4.69, 9.17) is 0 Å². The molecule has 4 N–H and O–H groups in total. The molecule has 5 rings (SSSR count). The normalized spacial score (nSPS) is 28.6. The Morgan fingerprint density at radius 2 is 1.33 bits per heavy atom. The van der Waals surface area contributed by atoms with Gasteiger partial charge < -0.3 is 0 Å². The van der Waals surface area contributed by atoms with Gasteiger partial charge in [-0.1, -0.05) is 101 Å². The first-order chi connectivity index (χ1) is 17.9. The van der Waals surface area contributed by atoms with Crippen LogP contribution in [-0.4, -0.2) is 31.3 Å². The van der Waals surface area contributed by atoms with Crippen LogP contribution in [0.3, 0.4) is 0 Å². The fourth-order valence-corrected chi connectivity index (χ4v) is 7.01. The first-order valence-electron chi connectivity index (χ1n) is 15.1. The lowest BCUT2D eigenvalue weighted by atomic mass is 9.79. The van der Waals surface area contributed by atoms with Crippen LogP contribution < -0.4 is 26.6 Å². The molecular formula is C31H49N5. The lowest BCUT2D eigenvalue weighted by Gasteiger charge is -2.46. The minimum absolute atomic E-state index is 0.0546. The van der Waals surface area contributed by atoms with Crippen molar-refractivity contribution in [2.45, 2.75) is 108 Å². The van der Waals surface area contributed by atoms with Gasteiger partial charge in [0.2, 0.25) is 0 Å². The van der Waals surface area contributed by atoms with E-state index < -0.39 is 0 Å². The average molecular weight is 492 g/mol. The Balaban J connectivity index is 1.51. The van der Waals surface area contributed by atoms with Gasteiger partial charge in [0.25, 0.3) is 0 Å². The van der Waals surface area contributed by atoms with Gasteiger partial charge in [-0.15, -0.1) is 0 Å². The summed E-state index contributed by atoms with van der Waals surface area (Å²) < 4.78 is 0. The van der Waals surface area contributed by atoms with Crippen molar-refractivity contribution < 1.29 is 0 Å². The summed E-state index contributed by atoms with van der Waals surface area (Å²) in [6, 6.07) is 16.1. The summed E-state index contributed by atoms with van der Waals surface area (Å²) in [5, 5.41) is 9.51. The molecule has 2 saturated heterocycles. The molecule has 3 aliphatic rings. The van der Waals surface area contributed by atoms with Gasteiger partial charge in [-0.25, -0.2) is 5.43 Å². The van der Waals surface area contributed by atoms with Crippen LogP contribution in [0.2, 0.25) is 0 Å². The second-order valence-corrected chi connectivity index (χ2v) is 11.5. The van der Waals surface area contributed by atoms with Crippen LogP contribution in [0, 0.1) is 5.92 Å². The molecule has 1 saturated carbocycles. The summed E-state index contributed by atoms with van der Waals surface area (Å²) in [5.74, 6) is 0.642. The maximum Gasteiger partial charge on any atom is 0.110 e. The van der Waals surface area contributed by atoms with Crippen LogP contribution >= 0.6 is 0 Å². The summed E-state index contributed by atoms with van der Waals surface area (Å²) in [6.45, 7) is 3.06. The fraction of sp³-hybridized carbons (Fsp3) is 0.677. The lowest BCUT2D eigenvalue weighted by Crippen LogP contribution is -2.63. The van der Waals surface area contributed by atoms with Crippen LogP contribution in [0.15, 0.2) is 42.5 Å². The third-order valence-corrected chi connectivity index (χ3v) is 8.94. The first kappa shape index (κ1) is 26.0. The molecule has 0 spiro atoms. The molecule has 36 heavy (non-hydrogen) atoms. The van der Waals surface area contributed by atoms with Gasteiger partial charge in [0.15, 0.2) is 0 Å². The molecule has 0 amide bonds. The van der Waals surface area contributed by atoms with Crippen molar-refractivity contribution >= 4 is 16.5 Å². The number of fused-ring (bicyclic) bond motifs is 3. The van der Waals surface area contributed by atoms with Crippen LogP contribution in [0.1, 0.15) is 96.3 Å². The maximum atomic E-state index is 4.24. The average Bonchev–Trinajstić information content (AvgIpc) is 3.26. The summed E-state index contributed by atoms with van der Waals surface area (Å²) >= 11 is 0. The quantitative estimate of drug-likeness (QED) is 0.391. The van der Waals surface area contributed by atoms with Crippen molar-refractivity contribution in [1.29, 1.82) is 0 Å². The van der Waals surface area contributed by atoms with Crippen molar-refractivity contribution in [1.82, 2.24) is 21.6 Å². The van der Waals surface area contributed by atoms with Gasteiger partial charge in [-0.3, -0.25) is 21.2 Å². The van der Waals surface area contributed by atoms with Crippen molar-refractivity contribution in [3.8, 4) is 0 Å². The van der Waals surface area contributed by atoms with E-state index in [1.54, 1.807) is 0 Å². The Hall–Kier alpha value is -1.66. The number of benzene rings is 2. The van der Waals surface area contributed by atoms with E-state index in [1.807, 2.05) is 0 Å². The Bertz CT molecular complexity index is 913. The van der Waals surface area contributed by atoms with E-state index in [9.17, 15) is 0 Å². The van der Waals surface area contributed by atoms with E-state index in [2.05, 4.69) is 69.1 Å². The third kappa shape index (κ3) is 6.24. The van der Waals surface area contributed by atoms with Gasteiger partial charge >= 0.3 is 0 Å². The zero-order valence-electron chi connectivity index (χ0n) is 22.4. The Kier molecular flexibility index (Phi) is 9.54. The van der Waals surface area contributed by atoms with E-state index in [0.717, 1.165) is 26.1 Å². The number of hydrazine groups is 2. The predicted octanol–water partition coefficient (Wildman–Crippen LogP) is 6.41. The molecule has 0 radical (unpaired) electrons. The predicted molar refractivity (Wildman–Crippen MR) is 153 cm³/mol. The van der Waals surface area contributed by atoms with Crippen LogP contribution in [0.25, 0.3) is 10.8 Å². The van der Waals surface area contributed by atoms with Gasteiger partial charge in [0.05, 0.1) is 5.69 Å². The molecule has 2 atom stereocenters.